The molecule has 0 spiro atoms. The molecule has 1 nitrogen and oxygen atoms in total. The molecule has 1 aliphatic rings. The van der Waals surface area contributed by atoms with Gasteiger partial charge >= 0.3 is 0 Å². The standard InChI is InChI=1S/C11H23N/c1-8(2)10-6-5-9(3)7-11(10)12-4/h8-12H,5-7H2,1-4H3. The van der Waals surface area contributed by atoms with Crippen LogP contribution >= 0.6 is 0 Å². The molecule has 1 aliphatic carbocycles. The Balaban J connectivity index is 2.50. The maximum atomic E-state index is 3.47. The first kappa shape index (κ1) is 10.0. The van der Waals surface area contributed by atoms with Gasteiger partial charge in [0.1, 0.15) is 0 Å². The highest BCUT2D eigenvalue weighted by Gasteiger charge is 2.29. The minimum Gasteiger partial charge on any atom is -0.317 e. The summed E-state index contributed by atoms with van der Waals surface area (Å²) in [4.78, 5) is 0. The SMILES string of the molecule is CNC1CC(C)CCC1C(C)C. The van der Waals surface area contributed by atoms with Crippen LogP contribution in [0, 0.1) is 17.8 Å². The van der Waals surface area contributed by atoms with Crippen molar-refractivity contribution in [1.29, 1.82) is 0 Å². The van der Waals surface area contributed by atoms with E-state index < -0.39 is 0 Å². The summed E-state index contributed by atoms with van der Waals surface area (Å²) in [5.74, 6) is 2.68. The van der Waals surface area contributed by atoms with Crippen molar-refractivity contribution in [3.63, 3.8) is 0 Å². The lowest BCUT2D eigenvalue weighted by molar-refractivity contribution is 0.177. The summed E-state index contributed by atoms with van der Waals surface area (Å²) < 4.78 is 0. The van der Waals surface area contributed by atoms with Gasteiger partial charge in [0.15, 0.2) is 0 Å². The fraction of sp³-hybridized carbons (Fsp3) is 1.00. The van der Waals surface area contributed by atoms with Crippen molar-refractivity contribution in [2.75, 3.05) is 7.05 Å². The van der Waals surface area contributed by atoms with E-state index in [2.05, 4.69) is 33.1 Å². The average molecular weight is 169 g/mol. The van der Waals surface area contributed by atoms with Crippen LogP contribution in [0.4, 0.5) is 0 Å². The quantitative estimate of drug-likeness (QED) is 0.670. The van der Waals surface area contributed by atoms with E-state index in [1.165, 1.54) is 19.3 Å². The highest BCUT2D eigenvalue weighted by Crippen LogP contribution is 2.32. The Labute approximate surface area is 76.9 Å². The molecule has 0 heterocycles. The van der Waals surface area contributed by atoms with E-state index in [1.54, 1.807) is 0 Å². The summed E-state index contributed by atoms with van der Waals surface area (Å²) in [7, 11) is 2.11. The molecule has 1 fully saturated rings. The number of hydrogen-bond donors (Lipinski definition) is 1. The van der Waals surface area contributed by atoms with Crippen LogP contribution < -0.4 is 5.32 Å². The predicted octanol–water partition coefficient (Wildman–Crippen LogP) is 2.67. The molecule has 1 heteroatoms. The fourth-order valence-corrected chi connectivity index (χ4v) is 2.53. The first-order chi connectivity index (χ1) is 5.65. The van der Waals surface area contributed by atoms with Crippen molar-refractivity contribution < 1.29 is 0 Å². The van der Waals surface area contributed by atoms with E-state index in [0.29, 0.717) is 0 Å². The molecule has 0 radical (unpaired) electrons. The fourth-order valence-electron chi connectivity index (χ4n) is 2.53. The Bertz CT molecular complexity index is 131. The van der Waals surface area contributed by atoms with Crippen LogP contribution in [0.5, 0.6) is 0 Å². The smallest absolute Gasteiger partial charge is 0.00973 e. The maximum absolute atomic E-state index is 3.47. The van der Waals surface area contributed by atoms with Gasteiger partial charge in [-0.3, -0.25) is 0 Å². The molecule has 0 saturated heterocycles. The lowest BCUT2D eigenvalue weighted by atomic mass is 9.74. The molecule has 3 atom stereocenters. The van der Waals surface area contributed by atoms with E-state index in [4.69, 9.17) is 0 Å². The highest BCUT2D eigenvalue weighted by molar-refractivity contribution is 4.84. The zero-order valence-corrected chi connectivity index (χ0v) is 8.93. The second-order valence-electron chi connectivity index (χ2n) is 4.72. The van der Waals surface area contributed by atoms with Gasteiger partial charge < -0.3 is 5.32 Å². The van der Waals surface area contributed by atoms with Crippen LogP contribution in [0.3, 0.4) is 0 Å². The second kappa shape index (κ2) is 4.27. The largest absolute Gasteiger partial charge is 0.317 e. The molecule has 0 amide bonds. The van der Waals surface area contributed by atoms with Crippen molar-refractivity contribution in [2.24, 2.45) is 17.8 Å². The van der Waals surface area contributed by atoms with Crippen LogP contribution in [-0.2, 0) is 0 Å². The third kappa shape index (κ3) is 2.22. The Kier molecular flexibility index (Phi) is 3.57. The summed E-state index contributed by atoms with van der Waals surface area (Å²) >= 11 is 0. The summed E-state index contributed by atoms with van der Waals surface area (Å²) in [5, 5.41) is 3.47. The van der Waals surface area contributed by atoms with Gasteiger partial charge in [-0.2, -0.15) is 0 Å². The van der Waals surface area contributed by atoms with E-state index in [0.717, 1.165) is 23.8 Å². The molecule has 12 heavy (non-hydrogen) atoms. The predicted molar refractivity (Wildman–Crippen MR) is 54.2 cm³/mol. The van der Waals surface area contributed by atoms with E-state index in [1.807, 2.05) is 0 Å². The summed E-state index contributed by atoms with van der Waals surface area (Å²) in [6, 6.07) is 0.772. The molecule has 72 valence electrons. The van der Waals surface area contributed by atoms with Crippen LogP contribution in [0.15, 0.2) is 0 Å². The van der Waals surface area contributed by atoms with Crippen molar-refractivity contribution in [1.82, 2.24) is 5.32 Å². The third-order valence-corrected chi connectivity index (χ3v) is 3.39. The Morgan fingerprint density at radius 2 is 1.92 bits per heavy atom. The first-order valence-corrected chi connectivity index (χ1v) is 5.32. The highest BCUT2D eigenvalue weighted by atomic mass is 14.9. The van der Waals surface area contributed by atoms with Gasteiger partial charge in [0.05, 0.1) is 0 Å². The van der Waals surface area contributed by atoms with Gasteiger partial charge in [0.2, 0.25) is 0 Å². The van der Waals surface area contributed by atoms with Crippen molar-refractivity contribution in [3.8, 4) is 0 Å². The zero-order valence-electron chi connectivity index (χ0n) is 8.93. The van der Waals surface area contributed by atoms with Crippen molar-refractivity contribution in [3.05, 3.63) is 0 Å². The normalized spacial score (nSPS) is 37.2. The van der Waals surface area contributed by atoms with Gasteiger partial charge in [-0.1, -0.05) is 27.2 Å². The van der Waals surface area contributed by atoms with Gasteiger partial charge in [-0.25, -0.2) is 0 Å². The van der Waals surface area contributed by atoms with Crippen LogP contribution in [0.25, 0.3) is 0 Å². The molecule has 1 N–H and O–H groups in total. The molecule has 3 unspecified atom stereocenters. The van der Waals surface area contributed by atoms with Crippen LogP contribution in [0.2, 0.25) is 0 Å². The van der Waals surface area contributed by atoms with Gasteiger partial charge in [-0.05, 0) is 37.6 Å². The summed E-state index contributed by atoms with van der Waals surface area (Å²) in [6.07, 6.45) is 4.23. The van der Waals surface area contributed by atoms with Crippen molar-refractivity contribution in [2.45, 2.75) is 46.1 Å². The maximum Gasteiger partial charge on any atom is 0.00973 e. The minimum atomic E-state index is 0.772. The molecule has 0 aromatic rings. The third-order valence-electron chi connectivity index (χ3n) is 3.39. The first-order valence-electron chi connectivity index (χ1n) is 5.32. The van der Waals surface area contributed by atoms with Gasteiger partial charge in [0.25, 0.3) is 0 Å². The van der Waals surface area contributed by atoms with E-state index in [9.17, 15) is 0 Å². The number of hydrogen-bond acceptors (Lipinski definition) is 1. The Morgan fingerprint density at radius 3 is 2.42 bits per heavy atom. The molecule has 0 aromatic carbocycles. The summed E-state index contributed by atoms with van der Waals surface area (Å²) in [5.41, 5.74) is 0. The monoisotopic (exact) mass is 169 g/mol. The topological polar surface area (TPSA) is 12.0 Å². The molecular formula is C11H23N. The minimum absolute atomic E-state index is 0.772. The van der Waals surface area contributed by atoms with E-state index >= 15 is 0 Å². The lowest BCUT2D eigenvalue weighted by Crippen LogP contribution is -2.40. The average Bonchev–Trinajstić information content (AvgIpc) is 2.03. The second-order valence-corrected chi connectivity index (χ2v) is 4.72. The lowest BCUT2D eigenvalue weighted by Gasteiger charge is -2.37. The molecule has 1 saturated carbocycles. The molecule has 1 rings (SSSR count). The Morgan fingerprint density at radius 1 is 1.25 bits per heavy atom. The molecule has 0 aliphatic heterocycles. The van der Waals surface area contributed by atoms with Gasteiger partial charge in [0, 0.05) is 6.04 Å². The number of rotatable bonds is 2. The number of nitrogens with one attached hydrogen (secondary N) is 1. The van der Waals surface area contributed by atoms with E-state index in [-0.39, 0.29) is 0 Å². The van der Waals surface area contributed by atoms with Crippen LogP contribution in [0.1, 0.15) is 40.0 Å². The van der Waals surface area contributed by atoms with Crippen molar-refractivity contribution >= 4 is 0 Å². The molecule has 0 bridgehead atoms. The van der Waals surface area contributed by atoms with Crippen LogP contribution in [-0.4, -0.2) is 13.1 Å². The van der Waals surface area contributed by atoms with Gasteiger partial charge in [-0.15, -0.1) is 0 Å². The Hall–Kier alpha value is -0.0400. The summed E-state index contributed by atoms with van der Waals surface area (Å²) in [6.45, 7) is 7.08. The zero-order chi connectivity index (χ0) is 9.14. The molecular weight excluding hydrogens is 146 g/mol. The molecule has 0 aromatic heterocycles.